The maximum atomic E-state index is 11.3. The molecule has 2 rings (SSSR count). The summed E-state index contributed by atoms with van der Waals surface area (Å²) in [6, 6.07) is 9.11. The number of carboxylic acid groups (broad SMARTS) is 1. The molecule has 0 saturated carbocycles. The van der Waals surface area contributed by atoms with Gasteiger partial charge in [0.15, 0.2) is 0 Å². The lowest BCUT2D eigenvalue weighted by atomic mass is 9.98. The van der Waals surface area contributed by atoms with E-state index in [1.54, 1.807) is 0 Å². The van der Waals surface area contributed by atoms with Crippen molar-refractivity contribution in [1.82, 2.24) is 4.98 Å². The summed E-state index contributed by atoms with van der Waals surface area (Å²) in [4.78, 5) is 15.4. The largest absolute Gasteiger partial charge is 0.477 e. The molecule has 0 bridgehead atoms. The number of aromatic carboxylic acids is 1. The van der Waals surface area contributed by atoms with E-state index in [-0.39, 0.29) is 11.4 Å². The van der Waals surface area contributed by atoms with Gasteiger partial charge in [-0.15, -0.1) is 0 Å². The highest BCUT2D eigenvalue weighted by molar-refractivity contribution is 9.10. The van der Waals surface area contributed by atoms with Crippen LogP contribution in [-0.2, 0) is 0 Å². The first-order valence-corrected chi connectivity index (χ1v) is 7.47. The van der Waals surface area contributed by atoms with Crippen molar-refractivity contribution in [2.24, 2.45) is 0 Å². The summed E-state index contributed by atoms with van der Waals surface area (Å²) in [5.41, 5.74) is 1.07. The van der Waals surface area contributed by atoms with Gasteiger partial charge in [-0.1, -0.05) is 32.0 Å². The van der Waals surface area contributed by atoms with Gasteiger partial charge in [-0.3, -0.25) is 0 Å². The molecule has 0 aliphatic heterocycles. The predicted octanol–water partition coefficient (Wildman–Crippen LogP) is 4.85. The molecule has 0 amide bonds. The topological polar surface area (TPSA) is 59.4 Å². The maximum Gasteiger partial charge on any atom is 0.341 e. The zero-order valence-corrected chi connectivity index (χ0v) is 13.4. The third-order valence-electron chi connectivity index (χ3n) is 3.32. The summed E-state index contributed by atoms with van der Waals surface area (Å²) < 4.78 is 6.37. The van der Waals surface area contributed by atoms with Crippen molar-refractivity contribution in [2.45, 2.75) is 26.2 Å². The summed E-state index contributed by atoms with van der Waals surface area (Å²) >= 11 is 3.22. The van der Waals surface area contributed by atoms with Gasteiger partial charge >= 0.3 is 5.97 Å². The number of rotatable bonds is 5. The second kappa shape index (κ2) is 6.72. The van der Waals surface area contributed by atoms with Crippen LogP contribution in [0.1, 0.15) is 42.1 Å². The number of hydrogen-bond donors (Lipinski definition) is 1. The van der Waals surface area contributed by atoms with Crippen molar-refractivity contribution in [3.63, 3.8) is 0 Å². The third-order valence-corrected chi connectivity index (χ3v) is 3.75. The molecule has 1 atom stereocenters. The summed E-state index contributed by atoms with van der Waals surface area (Å²) in [7, 11) is 0. The predicted molar refractivity (Wildman–Crippen MR) is 84.1 cm³/mol. The van der Waals surface area contributed by atoms with E-state index in [2.05, 4.69) is 34.8 Å². The van der Waals surface area contributed by atoms with Crippen LogP contribution in [0.15, 0.2) is 41.0 Å². The first-order chi connectivity index (χ1) is 10.0. The molecule has 1 unspecified atom stereocenters. The Bertz CT molecular complexity index is 658. The van der Waals surface area contributed by atoms with Gasteiger partial charge < -0.3 is 9.84 Å². The first-order valence-electron chi connectivity index (χ1n) is 6.68. The van der Waals surface area contributed by atoms with Crippen molar-refractivity contribution in [3.05, 3.63) is 52.1 Å². The van der Waals surface area contributed by atoms with Gasteiger partial charge in [-0.2, -0.15) is 0 Å². The zero-order chi connectivity index (χ0) is 15.4. The van der Waals surface area contributed by atoms with Gasteiger partial charge in [-0.05, 0) is 46.0 Å². The van der Waals surface area contributed by atoms with Crippen LogP contribution < -0.4 is 4.74 Å². The molecule has 0 aliphatic rings. The number of aromatic nitrogens is 1. The number of carbonyl (C=O) groups is 1. The molecule has 0 aliphatic carbocycles. The highest BCUT2D eigenvalue weighted by atomic mass is 79.9. The van der Waals surface area contributed by atoms with Gasteiger partial charge in [0.1, 0.15) is 11.3 Å². The van der Waals surface area contributed by atoms with E-state index in [0.717, 1.165) is 12.0 Å². The molecule has 2 aromatic rings. The second-order valence-electron chi connectivity index (χ2n) is 4.76. The number of carboxylic acids is 1. The molecule has 0 saturated heterocycles. The minimum absolute atomic E-state index is 0.0309. The van der Waals surface area contributed by atoms with E-state index >= 15 is 0 Å². The van der Waals surface area contributed by atoms with E-state index in [1.165, 1.54) is 12.3 Å². The maximum absolute atomic E-state index is 11.3. The minimum atomic E-state index is -1.07. The van der Waals surface area contributed by atoms with E-state index in [4.69, 9.17) is 4.74 Å². The summed E-state index contributed by atoms with van der Waals surface area (Å²) in [6.07, 6.45) is 2.49. The highest BCUT2D eigenvalue weighted by Crippen LogP contribution is 2.33. The van der Waals surface area contributed by atoms with E-state index in [9.17, 15) is 9.90 Å². The van der Waals surface area contributed by atoms with E-state index < -0.39 is 5.97 Å². The van der Waals surface area contributed by atoms with Crippen molar-refractivity contribution >= 4 is 21.9 Å². The lowest BCUT2D eigenvalue weighted by Gasteiger charge is -2.15. The van der Waals surface area contributed by atoms with Crippen LogP contribution in [0.5, 0.6) is 11.6 Å². The number of benzene rings is 1. The standard InChI is InChI=1S/C16H16BrNO3/c1-3-10(2)12-6-4-5-7-14(12)21-15-13(16(19)20)8-11(17)9-18-15/h4-10H,3H2,1-2H3,(H,19,20). The van der Waals surface area contributed by atoms with Crippen LogP contribution in [0.25, 0.3) is 0 Å². The lowest BCUT2D eigenvalue weighted by molar-refractivity contribution is 0.0693. The van der Waals surface area contributed by atoms with E-state index in [1.807, 2.05) is 24.3 Å². The quantitative estimate of drug-likeness (QED) is 0.838. The van der Waals surface area contributed by atoms with Crippen molar-refractivity contribution < 1.29 is 14.6 Å². The molecule has 1 heterocycles. The molecule has 0 radical (unpaired) electrons. The number of ether oxygens (including phenoxy) is 1. The zero-order valence-electron chi connectivity index (χ0n) is 11.8. The van der Waals surface area contributed by atoms with Crippen LogP contribution in [0.2, 0.25) is 0 Å². The fourth-order valence-electron chi connectivity index (χ4n) is 1.97. The normalized spacial score (nSPS) is 12.0. The molecule has 5 heteroatoms. The molecule has 1 aromatic carbocycles. The van der Waals surface area contributed by atoms with Gasteiger partial charge in [0.05, 0.1) is 0 Å². The Hall–Kier alpha value is -1.88. The van der Waals surface area contributed by atoms with Crippen LogP contribution in [0.3, 0.4) is 0 Å². The lowest BCUT2D eigenvalue weighted by Crippen LogP contribution is -2.03. The molecule has 4 nitrogen and oxygen atoms in total. The molecule has 110 valence electrons. The van der Waals surface area contributed by atoms with Crippen molar-refractivity contribution in [1.29, 1.82) is 0 Å². The van der Waals surface area contributed by atoms with Crippen LogP contribution in [-0.4, -0.2) is 16.1 Å². The van der Waals surface area contributed by atoms with E-state index in [0.29, 0.717) is 16.1 Å². The van der Waals surface area contributed by atoms with Gasteiger partial charge in [0.25, 0.3) is 0 Å². The molecule has 1 aromatic heterocycles. The first kappa shape index (κ1) is 15.5. The molecule has 21 heavy (non-hydrogen) atoms. The number of halogens is 1. The SMILES string of the molecule is CCC(C)c1ccccc1Oc1ncc(Br)cc1C(=O)O. The third kappa shape index (κ3) is 3.61. The van der Waals surface area contributed by atoms with Gasteiger partial charge in [0, 0.05) is 10.7 Å². The molecular formula is C16H16BrNO3. The number of hydrogen-bond acceptors (Lipinski definition) is 3. The molecular weight excluding hydrogens is 334 g/mol. The fraction of sp³-hybridized carbons (Fsp3) is 0.250. The monoisotopic (exact) mass is 349 g/mol. The Kier molecular flexibility index (Phi) is 4.96. The summed E-state index contributed by atoms with van der Waals surface area (Å²) in [6.45, 7) is 4.21. The number of pyridine rings is 1. The summed E-state index contributed by atoms with van der Waals surface area (Å²) in [5.74, 6) is -0.00428. The second-order valence-corrected chi connectivity index (χ2v) is 5.68. The Balaban J connectivity index is 2.41. The fourth-order valence-corrected chi connectivity index (χ4v) is 2.30. The highest BCUT2D eigenvalue weighted by Gasteiger charge is 2.17. The molecule has 1 N–H and O–H groups in total. The van der Waals surface area contributed by atoms with Gasteiger partial charge in [-0.25, -0.2) is 9.78 Å². The van der Waals surface area contributed by atoms with Crippen LogP contribution >= 0.6 is 15.9 Å². The Morgan fingerprint density at radius 3 is 2.81 bits per heavy atom. The van der Waals surface area contributed by atoms with Crippen LogP contribution in [0, 0.1) is 0 Å². The Morgan fingerprint density at radius 1 is 1.43 bits per heavy atom. The Morgan fingerprint density at radius 2 is 2.14 bits per heavy atom. The van der Waals surface area contributed by atoms with Gasteiger partial charge in [0.2, 0.25) is 5.88 Å². The average molecular weight is 350 g/mol. The van der Waals surface area contributed by atoms with Crippen molar-refractivity contribution in [3.8, 4) is 11.6 Å². The molecule has 0 fully saturated rings. The molecule has 0 spiro atoms. The number of para-hydroxylation sites is 1. The Labute approximate surface area is 131 Å². The van der Waals surface area contributed by atoms with Crippen LogP contribution in [0.4, 0.5) is 0 Å². The number of nitrogens with zero attached hydrogens (tertiary/aromatic N) is 1. The smallest absolute Gasteiger partial charge is 0.341 e. The van der Waals surface area contributed by atoms with Crippen molar-refractivity contribution in [2.75, 3.05) is 0 Å². The minimum Gasteiger partial charge on any atom is -0.477 e. The summed E-state index contributed by atoms with van der Waals surface area (Å²) in [5, 5.41) is 9.25. The average Bonchev–Trinajstić information content (AvgIpc) is 2.48.